The second kappa shape index (κ2) is 15.7. The number of rotatable bonds is 11. The quantitative estimate of drug-likeness (QED) is 0.152. The molecule has 250 valence electrons. The van der Waals surface area contributed by atoms with Gasteiger partial charge >= 0.3 is 29.6 Å². The topological polar surface area (TPSA) is 129 Å². The summed E-state index contributed by atoms with van der Waals surface area (Å²) in [7, 11) is -4.43. The molecular weight excluding hydrogens is 660 g/mol. The van der Waals surface area contributed by atoms with Crippen molar-refractivity contribution in [2.45, 2.75) is 32.6 Å². The Balaban J connectivity index is 0.00000486. The zero-order valence-electron chi connectivity index (χ0n) is 28.3. The number of benzene rings is 4. The summed E-state index contributed by atoms with van der Waals surface area (Å²) >= 11 is 0. The third-order valence-corrected chi connectivity index (χ3v) is 9.39. The van der Waals surface area contributed by atoms with Crippen molar-refractivity contribution in [2.75, 3.05) is 17.6 Å². The van der Waals surface area contributed by atoms with Gasteiger partial charge < -0.3 is 19.6 Å². The van der Waals surface area contributed by atoms with Crippen LogP contribution in [0.4, 0.5) is 5.69 Å². The van der Waals surface area contributed by atoms with Crippen molar-refractivity contribution < 1.29 is 56.5 Å². The molecule has 1 atom stereocenters. The zero-order valence-corrected chi connectivity index (χ0v) is 31.1. The number of hydrogen-bond acceptors (Lipinski definition) is 6. The largest absolute Gasteiger partial charge is 1.00 e. The fourth-order valence-corrected chi connectivity index (χ4v) is 6.15. The molecule has 8 nitrogen and oxygen atoms in total. The second-order valence-corrected chi connectivity index (χ2v) is 14.5. The molecule has 50 heavy (non-hydrogen) atoms. The molecule has 1 unspecified atom stereocenters. The molecule has 0 bridgehead atoms. The van der Waals surface area contributed by atoms with E-state index in [2.05, 4.69) is 42.7 Å². The normalized spacial score (nSPS) is 14.3. The fourth-order valence-electron chi connectivity index (χ4n) is 5.80. The van der Waals surface area contributed by atoms with Crippen LogP contribution in [0, 0.1) is 5.41 Å². The van der Waals surface area contributed by atoms with E-state index in [1.807, 2.05) is 78.9 Å². The third kappa shape index (κ3) is 9.50. The molecule has 5 aromatic rings. The van der Waals surface area contributed by atoms with E-state index >= 15 is 0 Å². The average Bonchev–Trinajstić information content (AvgIpc) is 3.52. The zero-order chi connectivity index (χ0) is 34.6. The van der Waals surface area contributed by atoms with E-state index in [1.54, 1.807) is 24.3 Å². The summed E-state index contributed by atoms with van der Waals surface area (Å²) in [6.07, 6.45) is 7.93. The number of hydrogen-bond donors (Lipinski definition) is 2. The number of amides is 2. The van der Waals surface area contributed by atoms with Gasteiger partial charge in [0.15, 0.2) is 0 Å². The average molecular weight is 697 g/mol. The van der Waals surface area contributed by atoms with Crippen LogP contribution in [0.3, 0.4) is 0 Å². The van der Waals surface area contributed by atoms with Gasteiger partial charge in [0.05, 0.1) is 21.8 Å². The smallest absolute Gasteiger partial charge is 0.748 e. The summed E-state index contributed by atoms with van der Waals surface area (Å²) in [5.41, 5.74) is 6.72. The minimum atomic E-state index is -4.43. The van der Waals surface area contributed by atoms with Crippen LogP contribution in [0.1, 0.15) is 53.2 Å². The van der Waals surface area contributed by atoms with Crippen LogP contribution in [-0.4, -0.2) is 37.1 Å². The number of furan rings is 1. The summed E-state index contributed by atoms with van der Waals surface area (Å²) in [5, 5.41) is 6.55. The summed E-state index contributed by atoms with van der Waals surface area (Å²) in [6, 6.07) is 32.2. The van der Waals surface area contributed by atoms with E-state index in [-0.39, 0.29) is 47.4 Å². The Morgan fingerprint density at radius 1 is 0.900 bits per heavy atom. The van der Waals surface area contributed by atoms with Crippen LogP contribution in [0.5, 0.6) is 0 Å². The number of carbonyl (C=O) groups excluding carboxylic acids is 2. The Kier molecular flexibility index (Phi) is 11.7. The molecule has 1 aliphatic rings. The van der Waals surface area contributed by atoms with Crippen molar-refractivity contribution in [2.24, 2.45) is 5.41 Å². The molecule has 4 aromatic carbocycles. The first-order valence-corrected chi connectivity index (χ1v) is 17.7. The Morgan fingerprint density at radius 3 is 2.22 bits per heavy atom. The Morgan fingerprint density at radius 2 is 1.58 bits per heavy atom. The first-order chi connectivity index (χ1) is 23.4. The Hall–Kier alpha value is -4.25. The van der Waals surface area contributed by atoms with Crippen LogP contribution >= 0.6 is 0 Å². The van der Waals surface area contributed by atoms with Gasteiger partial charge in [-0.2, -0.15) is 0 Å². The number of anilines is 1. The summed E-state index contributed by atoms with van der Waals surface area (Å²) in [4.78, 5) is 26.4. The standard InChI is InChI=1S/C40H38N2O6S.Na/c1-40(2)21-19-29(20-22-40)28-11-13-30(14-12-28)35(25-27-7-9-32(10-8-27)38(43)41-23-24-49(45,46)47)39(44)42-34-17-15-31(16-18-34)37-26-33-5-3-4-6-36(33)48-37;/h3-21,26,35H,22-25H2,1-2H3,(H,41,43)(H,42,44)(H,45,46,47);/q;+1/p-1. The van der Waals surface area contributed by atoms with E-state index in [0.717, 1.165) is 51.0 Å². The molecule has 1 heterocycles. The molecule has 0 spiro atoms. The molecule has 0 saturated heterocycles. The summed E-state index contributed by atoms with van der Waals surface area (Å²) < 4.78 is 38.6. The van der Waals surface area contributed by atoms with Gasteiger partial charge in [-0.15, -0.1) is 0 Å². The van der Waals surface area contributed by atoms with Crippen molar-refractivity contribution in [1.82, 2.24) is 5.32 Å². The number of allylic oxidation sites excluding steroid dienone is 4. The van der Waals surface area contributed by atoms with Crippen molar-refractivity contribution in [3.05, 3.63) is 144 Å². The van der Waals surface area contributed by atoms with Crippen LogP contribution in [-0.2, 0) is 21.3 Å². The van der Waals surface area contributed by atoms with Gasteiger partial charge in [-0.25, -0.2) is 8.42 Å². The molecule has 0 radical (unpaired) electrons. The first-order valence-electron chi connectivity index (χ1n) is 16.1. The van der Waals surface area contributed by atoms with E-state index in [4.69, 9.17) is 4.42 Å². The maximum atomic E-state index is 13.9. The van der Waals surface area contributed by atoms with Crippen molar-refractivity contribution in [3.63, 3.8) is 0 Å². The van der Waals surface area contributed by atoms with Crippen LogP contribution in [0.25, 0.3) is 27.9 Å². The van der Waals surface area contributed by atoms with Gasteiger partial charge in [-0.1, -0.05) is 86.7 Å². The van der Waals surface area contributed by atoms with E-state index in [1.165, 1.54) is 0 Å². The van der Waals surface area contributed by atoms with Gasteiger partial charge in [0.2, 0.25) is 5.91 Å². The molecule has 0 saturated carbocycles. The number of fused-ring (bicyclic) bond motifs is 1. The molecule has 0 aliphatic heterocycles. The van der Waals surface area contributed by atoms with Crippen molar-refractivity contribution in [1.29, 1.82) is 0 Å². The predicted molar refractivity (Wildman–Crippen MR) is 192 cm³/mol. The molecule has 1 aromatic heterocycles. The third-order valence-electron chi connectivity index (χ3n) is 8.68. The van der Waals surface area contributed by atoms with Crippen molar-refractivity contribution >= 4 is 44.2 Å². The predicted octanol–water partition coefficient (Wildman–Crippen LogP) is 4.71. The monoisotopic (exact) mass is 696 g/mol. The maximum absolute atomic E-state index is 13.9. The minimum absolute atomic E-state index is 0. The Labute approximate surface area is 314 Å². The molecule has 10 heteroatoms. The maximum Gasteiger partial charge on any atom is 1.00 e. The molecule has 1 aliphatic carbocycles. The van der Waals surface area contributed by atoms with Gasteiger partial charge in [-0.05, 0) is 89.1 Å². The number of carbonyl (C=O) groups is 2. The van der Waals surface area contributed by atoms with E-state index < -0.39 is 27.7 Å². The minimum Gasteiger partial charge on any atom is -0.748 e. The number of para-hydroxylation sites is 1. The van der Waals surface area contributed by atoms with Crippen LogP contribution in [0.15, 0.2) is 126 Å². The molecular formula is C40H37N2NaO6S. The van der Waals surface area contributed by atoms with E-state index in [0.29, 0.717) is 17.7 Å². The first kappa shape index (κ1) is 37.0. The fraction of sp³-hybridized carbons (Fsp3) is 0.200. The molecule has 2 N–H and O–H groups in total. The van der Waals surface area contributed by atoms with Gasteiger partial charge in [0, 0.05) is 28.7 Å². The molecule has 0 fully saturated rings. The van der Waals surface area contributed by atoms with Gasteiger partial charge in [-0.3, -0.25) is 9.59 Å². The van der Waals surface area contributed by atoms with Gasteiger partial charge in [0.25, 0.3) is 5.91 Å². The molecule has 6 rings (SSSR count). The summed E-state index contributed by atoms with van der Waals surface area (Å²) in [6.45, 7) is 4.14. The second-order valence-electron chi connectivity index (χ2n) is 13.0. The van der Waals surface area contributed by atoms with E-state index in [9.17, 15) is 22.6 Å². The van der Waals surface area contributed by atoms with Crippen LogP contribution in [0.2, 0.25) is 0 Å². The van der Waals surface area contributed by atoms with Gasteiger partial charge in [0.1, 0.15) is 11.3 Å². The SMILES string of the molecule is CC1(C)C=CC(c2ccc(C(Cc3ccc(C(=O)NCCS(=O)(=O)[O-])cc3)C(=O)Nc3ccc(-c4cc5ccccc5o4)cc3)cc2)=CC1.[Na+]. The summed E-state index contributed by atoms with van der Waals surface area (Å²) in [5.74, 6) is -1.14. The van der Waals surface area contributed by atoms with Crippen LogP contribution < -0.4 is 40.2 Å². The Bertz CT molecular complexity index is 2120. The number of nitrogens with one attached hydrogen (secondary N) is 2. The van der Waals surface area contributed by atoms with Crippen molar-refractivity contribution in [3.8, 4) is 11.3 Å². The molecule has 2 amide bonds.